The quantitative estimate of drug-likeness (QED) is 0.787. The van der Waals surface area contributed by atoms with Crippen LogP contribution in [0.2, 0.25) is 0 Å². The molecule has 150 valence electrons. The van der Waals surface area contributed by atoms with Gasteiger partial charge in [0, 0.05) is 38.2 Å². The fourth-order valence-electron chi connectivity index (χ4n) is 3.22. The molecule has 0 bridgehead atoms. The molecule has 3 rings (SSSR count). The van der Waals surface area contributed by atoms with Crippen molar-refractivity contribution in [1.82, 2.24) is 15.2 Å². The number of pyridine rings is 1. The molecule has 1 aromatic heterocycles. The van der Waals surface area contributed by atoms with Crippen molar-refractivity contribution >= 4 is 6.03 Å². The molecule has 0 saturated carbocycles. The Morgan fingerprint density at radius 3 is 2.82 bits per heavy atom. The number of carbonyl (C=O) groups is 1. The second-order valence-corrected chi connectivity index (χ2v) is 7.26. The van der Waals surface area contributed by atoms with Crippen molar-refractivity contribution in [3.8, 4) is 5.75 Å². The third-order valence-electron chi connectivity index (χ3n) is 4.95. The monoisotopic (exact) mass is 383 g/mol. The van der Waals surface area contributed by atoms with Crippen LogP contribution in [-0.2, 0) is 11.3 Å². The summed E-state index contributed by atoms with van der Waals surface area (Å²) in [7, 11) is 1.81. The Morgan fingerprint density at radius 1 is 1.32 bits per heavy atom. The molecular formula is C22H29N3O3. The number of amides is 2. The van der Waals surface area contributed by atoms with Gasteiger partial charge in [0.1, 0.15) is 12.4 Å². The Morgan fingerprint density at radius 2 is 2.14 bits per heavy atom. The van der Waals surface area contributed by atoms with Crippen molar-refractivity contribution in [2.24, 2.45) is 0 Å². The number of nitrogens with one attached hydrogen (secondary N) is 1. The maximum Gasteiger partial charge on any atom is 0.317 e. The number of hydrogen-bond acceptors (Lipinski definition) is 4. The van der Waals surface area contributed by atoms with Crippen molar-refractivity contribution in [3.63, 3.8) is 0 Å². The zero-order chi connectivity index (χ0) is 19.8. The average Bonchev–Trinajstić information content (AvgIpc) is 2.74. The van der Waals surface area contributed by atoms with E-state index in [0.717, 1.165) is 36.3 Å². The van der Waals surface area contributed by atoms with Gasteiger partial charge in [0.2, 0.25) is 0 Å². The summed E-state index contributed by atoms with van der Waals surface area (Å²) in [4.78, 5) is 18.2. The summed E-state index contributed by atoms with van der Waals surface area (Å²) in [5, 5.41) is 3.05. The van der Waals surface area contributed by atoms with E-state index in [0.29, 0.717) is 13.2 Å². The molecule has 0 spiro atoms. The number of urea groups is 1. The first-order valence-corrected chi connectivity index (χ1v) is 9.86. The van der Waals surface area contributed by atoms with Gasteiger partial charge in [-0.3, -0.25) is 4.98 Å². The van der Waals surface area contributed by atoms with Crippen LogP contribution in [0.25, 0.3) is 0 Å². The Labute approximate surface area is 166 Å². The minimum Gasteiger partial charge on any atom is -0.489 e. The number of nitrogens with zero attached hydrogens (tertiary/aromatic N) is 2. The van der Waals surface area contributed by atoms with E-state index in [1.165, 1.54) is 6.42 Å². The Bertz CT molecular complexity index is 730. The lowest BCUT2D eigenvalue weighted by molar-refractivity contribution is 0.00374. The zero-order valence-corrected chi connectivity index (χ0v) is 16.6. The summed E-state index contributed by atoms with van der Waals surface area (Å²) >= 11 is 0. The number of carbonyl (C=O) groups excluding carboxylic acids is 1. The summed E-state index contributed by atoms with van der Waals surface area (Å²) in [5.41, 5.74) is 2.06. The molecule has 6 heteroatoms. The minimum atomic E-state index is -0.0883. The highest BCUT2D eigenvalue weighted by molar-refractivity contribution is 5.74. The van der Waals surface area contributed by atoms with Crippen molar-refractivity contribution in [2.45, 2.75) is 44.9 Å². The first kappa shape index (κ1) is 20.1. The van der Waals surface area contributed by atoms with Crippen molar-refractivity contribution < 1.29 is 14.3 Å². The van der Waals surface area contributed by atoms with E-state index >= 15 is 0 Å². The van der Waals surface area contributed by atoms with Gasteiger partial charge in [0.25, 0.3) is 0 Å². The van der Waals surface area contributed by atoms with Gasteiger partial charge in [-0.2, -0.15) is 0 Å². The molecule has 1 saturated heterocycles. The summed E-state index contributed by atoms with van der Waals surface area (Å²) in [6.07, 6.45) is 7.00. The fraction of sp³-hybridized carbons (Fsp3) is 0.455. The topological polar surface area (TPSA) is 63.7 Å². The van der Waals surface area contributed by atoms with E-state index in [1.54, 1.807) is 17.3 Å². The second kappa shape index (κ2) is 10.1. The summed E-state index contributed by atoms with van der Waals surface area (Å²) in [6, 6.07) is 11.5. The molecule has 2 aromatic rings. The van der Waals surface area contributed by atoms with Crippen LogP contribution in [-0.4, -0.2) is 42.2 Å². The van der Waals surface area contributed by atoms with Crippen LogP contribution in [0.5, 0.6) is 5.75 Å². The zero-order valence-electron chi connectivity index (χ0n) is 16.6. The van der Waals surface area contributed by atoms with Crippen LogP contribution in [0.3, 0.4) is 0 Å². The minimum absolute atomic E-state index is 0.0847. The van der Waals surface area contributed by atoms with Crippen molar-refractivity contribution in [3.05, 3.63) is 59.9 Å². The first-order chi connectivity index (χ1) is 13.6. The van der Waals surface area contributed by atoms with Gasteiger partial charge >= 0.3 is 6.03 Å². The second-order valence-electron chi connectivity index (χ2n) is 7.26. The molecule has 2 heterocycles. The maximum absolute atomic E-state index is 12.5. The summed E-state index contributed by atoms with van der Waals surface area (Å²) < 4.78 is 11.5. The van der Waals surface area contributed by atoms with Crippen molar-refractivity contribution in [2.75, 3.05) is 20.2 Å². The first-order valence-electron chi connectivity index (χ1n) is 9.86. The maximum atomic E-state index is 12.5. The highest BCUT2D eigenvalue weighted by Gasteiger charge is 2.20. The van der Waals surface area contributed by atoms with Gasteiger partial charge in [-0.1, -0.05) is 18.2 Å². The van der Waals surface area contributed by atoms with Gasteiger partial charge in [-0.05, 0) is 49.9 Å². The summed E-state index contributed by atoms with van der Waals surface area (Å²) in [5.74, 6) is 0.790. The lowest BCUT2D eigenvalue weighted by Crippen LogP contribution is -2.43. The highest BCUT2D eigenvalue weighted by atomic mass is 16.5. The van der Waals surface area contributed by atoms with Crippen molar-refractivity contribution in [1.29, 1.82) is 0 Å². The van der Waals surface area contributed by atoms with Gasteiger partial charge < -0.3 is 19.7 Å². The van der Waals surface area contributed by atoms with Gasteiger partial charge in [0.05, 0.1) is 12.1 Å². The molecule has 1 aliphatic heterocycles. The Kier molecular flexibility index (Phi) is 7.25. The molecular weight excluding hydrogens is 354 g/mol. The molecule has 1 N–H and O–H groups in total. The van der Waals surface area contributed by atoms with E-state index in [2.05, 4.69) is 10.3 Å². The lowest BCUT2D eigenvalue weighted by atomic mass is 10.1. The molecule has 1 aromatic carbocycles. The van der Waals surface area contributed by atoms with Gasteiger partial charge in [-0.25, -0.2) is 4.79 Å². The number of rotatable bonds is 7. The SMILES string of the molecule is CC(NC(=O)N(C)CC1CCCCO1)c1ccc(OCc2cccnc2)cc1. The van der Waals surface area contributed by atoms with Crippen LogP contribution >= 0.6 is 0 Å². The summed E-state index contributed by atoms with van der Waals surface area (Å²) in [6.45, 7) is 3.88. The molecule has 2 amide bonds. The van der Waals surface area contributed by atoms with Crippen LogP contribution < -0.4 is 10.1 Å². The normalized spacial score (nSPS) is 17.6. The van der Waals surface area contributed by atoms with Gasteiger partial charge in [-0.15, -0.1) is 0 Å². The Balaban J connectivity index is 1.46. The number of benzene rings is 1. The molecule has 0 aliphatic carbocycles. The van der Waals surface area contributed by atoms with Crippen LogP contribution in [0, 0.1) is 0 Å². The number of likely N-dealkylation sites (N-methyl/N-ethyl adjacent to an activating group) is 1. The van der Waals surface area contributed by atoms with Crippen LogP contribution in [0.1, 0.15) is 43.4 Å². The fourth-order valence-corrected chi connectivity index (χ4v) is 3.22. The lowest BCUT2D eigenvalue weighted by Gasteiger charge is -2.28. The van der Waals surface area contributed by atoms with E-state index in [4.69, 9.17) is 9.47 Å². The molecule has 0 radical (unpaired) electrons. The third-order valence-corrected chi connectivity index (χ3v) is 4.95. The molecule has 28 heavy (non-hydrogen) atoms. The molecule has 1 aliphatic rings. The number of ether oxygens (including phenoxy) is 2. The third kappa shape index (κ3) is 5.96. The Hall–Kier alpha value is -2.60. The van der Waals surface area contributed by atoms with E-state index in [-0.39, 0.29) is 18.2 Å². The predicted molar refractivity (Wildman–Crippen MR) is 108 cm³/mol. The van der Waals surface area contributed by atoms with Crippen LogP contribution in [0.15, 0.2) is 48.8 Å². The number of hydrogen-bond donors (Lipinski definition) is 1. The average molecular weight is 383 g/mol. The molecule has 2 atom stereocenters. The van der Waals surface area contributed by atoms with Crippen LogP contribution in [0.4, 0.5) is 4.79 Å². The van der Waals surface area contributed by atoms with E-state index in [1.807, 2.05) is 50.4 Å². The highest BCUT2D eigenvalue weighted by Crippen LogP contribution is 2.19. The van der Waals surface area contributed by atoms with E-state index in [9.17, 15) is 4.79 Å². The molecule has 2 unspecified atom stereocenters. The van der Waals surface area contributed by atoms with Gasteiger partial charge in [0.15, 0.2) is 0 Å². The smallest absolute Gasteiger partial charge is 0.317 e. The van der Waals surface area contributed by atoms with E-state index < -0.39 is 0 Å². The standard InChI is InChI=1S/C22H29N3O3/c1-17(24-22(26)25(2)15-21-7-3-4-13-27-21)19-8-10-20(11-9-19)28-16-18-6-5-12-23-14-18/h5-6,8-12,14,17,21H,3-4,7,13,15-16H2,1-2H3,(H,24,26). The molecule has 1 fully saturated rings. The predicted octanol–water partition coefficient (Wildman–Crippen LogP) is 3.93. The molecule has 6 nitrogen and oxygen atoms in total. The number of aromatic nitrogens is 1. The largest absolute Gasteiger partial charge is 0.489 e.